The van der Waals surface area contributed by atoms with Crippen LogP contribution in [-0.2, 0) is 11.2 Å². The molecule has 92 valence electrons. The lowest BCUT2D eigenvalue weighted by Gasteiger charge is -2.18. The van der Waals surface area contributed by atoms with Crippen LogP contribution in [0.4, 0.5) is 11.4 Å². The van der Waals surface area contributed by atoms with Crippen LogP contribution in [0.5, 0.6) is 0 Å². The van der Waals surface area contributed by atoms with Gasteiger partial charge in [-0.3, -0.25) is 4.79 Å². The summed E-state index contributed by atoms with van der Waals surface area (Å²) in [6.45, 7) is 4.86. The van der Waals surface area contributed by atoms with E-state index in [1.54, 1.807) is 0 Å². The molecule has 1 aliphatic rings. The van der Waals surface area contributed by atoms with Crippen molar-refractivity contribution >= 4 is 17.3 Å². The van der Waals surface area contributed by atoms with E-state index >= 15 is 0 Å². The molecule has 4 N–H and O–H groups in total. The largest absolute Gasteiger partial charge is 0.385 e. The maximum atomic E-state index is 11.2. The molecular weight excluding hydrogens is 214 g/mol. The number of benzene rings is 1. The van der Waals surface area contributed by atoms with Crippen LogP contribution in [0.2, 0.25) is 0 Å². The average molecular weight is 233 g/mol. The lowest BCUT2D eigenvalue weighted by molar-refractivity contribution is -0.115. The Labute approximate surface area is 102 Å². The molecule has 4 nitrogen and oxygen atoms in total. The topological polar surface area (TPSA) is 67.1 Å². The normalized spacial score (nSPS) is 14.4. The molecule has 0 fully saturated rings. The van der Waals surface area contributed by atoms with E-state index in [0.29, 0.717) is 6.42 Å². The Kier molecular flexibility index (Phi) is 3.07. The Balaban J connectivity index is 1.95. The number of anilines is 2. The molecule has 0 radical (unpaired) electrons. The molecule has 0 spiro atoms. The zero-order valence-electron chi connectivity index (χ0n) is 10.3. The first-order chi connectivity index (χ1) is 7.94. The molecule has 0 atom stereocenters. The third-order valence-electron chi connectivity index (χ3n) is 2.83. The van der Waals surface area contributed by atoms with Crippen LogP contribution in [0.15, 0.2) is 18.2 Å². The van der Waals surface area contributed by atoms with Crippen molar-refractivity contribution in [1.29, 1.82) is 0 Å². The van der Waals surface area contributed by atoms with Gasteiger partial charge >= 0.3 is 0 Å². The molecule has 1 heterocycles. The number of amides is 1. The van der Waals surface area contributed by atoms with Crippen molar-refractivity contribution in [2.75, 3.05) is 17.2 Å². The summed E-state index contributed by atoms with van der Waals surface area (Å²) in [6.07, 6.45) is 1.38. The SMILES string of the molecule is CC(C)(N)CCNc1ccc2c(c1)CC(=O)N2. The summed E-state index contributed by atoms with van der Waals surface area (Å²) in [5.74, 6) is 0.0697. The summed E-state index contributed by atoms with van der Waals surface area (Å²) < 4.78 is 0. The number of nitrogens with two attached hydrogens (primary N) is 1. The van der Waals surface area contributed by atoms with Gasteiger partial charge in [0.15, 0.2) is 0 Å². The van der Waals surface area contributed by atoms with Crippen molar-refractivity contribution in [3.8, 4) is 0 Å². The Morgan fingerprint density at radius 3 is 2.94 bits per heavy atom. The number of carbonyl (C=O) groups is 1. The summed E-state index contributed by atoms with van der Waals surface area (Å²) in [5, 5.41) is 6.14. The summed E-state index contributed by atoms with van der Waals surface area (Å²) in [6, 6.07) is 5.95. The maximum Gasteiger partial charge on any atom is 0.228 e. The predicted molar refractivity (Wildman–Crippen MR) is 70.1 cm³/mol. The summed E-state index contributed by atoms with van der Waals surface area (Å²) in [7, 11) is 0. The number of fused-ring (bicyclic) bond motifs is 1. The molecule has 0 bridgehead atoms. The van der Waals surface area contributed by atoms with Gasteiger partial charge in [0.2, 0.25) is 5.91 Å². The second kappa shape index (κ2) is 4.37. The molecule has 0 saturated carbocycles. The quantitative estimate of drug-likeness (QED) is 0.741. The smallest absolute Gasteiger partial charge is 0.228 e. The standard InChI is InChI=1S/C13H19N3O/c1-13(2,14)5-6-15-10-3-4-11-9(7-10)8-12(17)16-11/h3-4,7,15H,5-6,8,14H2,1-2H3,(H,16,17). The van der Waals surface area contributed by atoms with Crippen molar-refractivity contribution in [3.63, 3.8) is 0 Å². The van der Waals surface area contributed by atoms with Crippen LogP contribution in [0, 0.1) is 0 Å². The molecule has 4 heteroatoms. The molecule has 0 saturated heterocycles. The number of hydrogen-bond donors (Lipinski definition) is 3. The number of rotatable bonds is 4. The third-order valence-corrected chi connectivity index (χ3v) is 2.83. The zero-order chi connectivity index (χ0) is 12.5. The zero-order valence-corrected chi connectivity index (χ0v) is 10.3. The second-order valence-electron chi connectivity index (χ2n) is 5.26. The van der Waals surface area contributed by atoms with E-state index < -0.39 is 0 Å². The summed E-state index contributed by atoms with van der Waals surface area (Å²) >= 11 is 0. The van der Waals surface area contributed by atoms with Gasteiger partial charge in [-0.15, -0.1) is 0 Å². The number of carbonyl (C=O) groups excluding carboxylic acids is 1. The lowest BCUT2D eigenvalue weighted by Crippen LogP contribution is -2.34. The van der Waals surface area contributed by atoms with Gasteiger partial charge in [0.25, 0.3) is 0 Å². The first-order valence-corrected chi connectivity index (χ1v) is 5.90. The van der Waals surface area contributed by atoms with E-state index in [4.69, 9.17) is 5.73 Å². The fourth-order valence-corrected chi connectivity index (χ4v) is 1.87. The van der Waals surface area contributed by atoms with Crippen LogP contribution in [0.25, 0.3) is 0 Å². The van der Waals surface area contributed by atoms with E-state index in [0.717, 1.165) is 29.9 Å². The predicted octanol–water partition coefficient (Wildman–Crippen LogP) is 1.72. The van der Waals surface area contributed by atoms with Gasteiger partial charge in [0.05, 0.1) is 6.42 Å². The van der Waals surface area contributed by atoms with Gasteiger partial charge in [-0.2, -0.15) is 0 Å². The first kappa shape index (κ1) is 11.9. The van der Waals surface area contributed by atoms with Crippen molar-refractivity contribution in [1.82, 2.24) is 0 Å². The van der Waals surface area contributed by atoms with Crippen molar-refractivity contribution in [2.45, 2.75) is 32.2 Å². The Bertz CT molecular complexity index is 435. The van der Waals surface area contributed by atoms with E-state index in [-0.39, 0.29) is 11.4 Å². The first-order valence-electron chi connectivity index (χ1n) is 5.90. The fraction of sp³-hybridized carbons (Fsp3) is 0.462. The highest BCUT2D eigenvalue weighted by molar-refractivity contribution is 5.99. The van der Waals surface area contributed by atoms with Gasteiger partial charge in [-0.1, -0.05) is 0 Å². The Morgan fingerprint density at radius 1 is 1.47 bits per heavy atom. The average Bonchev–Trinajstić information content (AvgIpc) is 2.55. The van der Waals surface area contributed by atoms with Gasteiger partial charge < -0.3 is 16.4 Å². The fourth-order valence-electron chi connectivity index (χ4n) is 1.87. The highest BCUT2D eigenvalue weighted by Crippen LogP contribution is 2.25. The third kappa shape index (κ3) is 3.20. The molecule has 17 heavy (non-hydrogen) atoms. The minimum atomic E-state index is -0.152. The van der Waals surface area contributed by atoms with Crippen LogP contribution in [-0.4, -0.2) is 18.0 Å². The molecule has 0 aliphatic carbocycles. The van der Waals surface area contributed by atoms with Crippen molar-refractivity contribution in [3.05, 3.63) is 23.8 Å². The van der Waals surface area contributed by atoms with Crippen LogP contribution < -0.4 is 16.4 Å². The molecule has 0 unspecified atom stereocenters. The van der Waals surface area contributed by atoms with E-state index in [1.807, 2.05) is 32.0 Å². The van der Waals surface area contributed by atoms with Crippen LogP contribution >= 0.6 is 0 Å². The van der Waals surface area contributed by atoms with Crippen molar-refractivity contribution < 1.29 is 4.79 Å². The van der Waals surface area contributed by atoms with Gasteiger partial charge in [-0.05, 0) is 44.0 Å². The highest BCUT2D eigenvalue weighted by Gasteiger charge is 2.17. The Morgan fingerprint density at radius 2 is 2.24 bits per heavy atom. The highest BCUT2D eigenvalue weighted by atomic mass is 16.1. The minimum absolute atomic E-state index is 0.0697. The molecule has 1 aromatic rings. The van der Waals surface area contributed by atoms with Crippen molar-refractivity contribution in [2.24, 2.45) is 5.73 Å². The van der Waals surface area contributed by atoms with Gasteiger partial charge in [0, 0.05) is 23.5 Å². The Hall–Kier alpha value is -1.55. The molecule has 1 aliphatic heterocycles. The lowest BCUT2D eigenvalue weighted by atomic mass is 10.0. The molecule has 1 aromatic carbocycles. The summed E-state index contributed by atoms with van der Waals surface area (Å²) in [4.78, 5) is 11.2. The minimum Gasteiger partial charge on any atom is -0.385 e. The van der Waals surface area contributed by atoms with Gasteiger partial charge in [-0.25, -0.2) is 0 Å². The second-order valence-corrected chi connectivity index (χ2v) is 5.26. The maximum absolute atomic E-state index is 11.2. The van der Waals surface area contributed by atoms with Crippen LogP contribution in [0.3, 0.4) is 0 Å². The molecule has 2 rings (SSSR count). The van der Waals surface area contributed by atoms with E-state index in [1.165, 1.54) is 0 Å². The number of hydrogen-bond acceptors (Lipinski definition) is 3. The van der Waals surface area contributed by atoms with E-state index in [2.05, 4.69) is 10.6 Å². The number of nitrogens with one attached hydrogen (secondary N) is 2. The van der Waals surface area contributed by atoms with Crippen LogP contribution in [0.1, 0.15) is 25.8 Å². The molecule has 0 aromatic heterocycles. The monoisotopic (exact) mass is 233 g/mol. The van der Waals surface area contributed by atoms with Gasteiger partial charge in [0.1, 0.15) is 0 Å². The van der Waals surface area contributed by atoms with E-state index in [9.17, 15) is 4.79 Å². The summed E-state index contributed by atoms with van der Waals surface area (Å²) in [5.41, 5.74) is 8.80. The molecule has 1 amide bonds. The molecular formula is C13H19N3O.